The van der Waals surface area contributed by atoms with Crippen LogP contribution in [0.25, 0.3) is 0 Å². The number of benzene rings is 2. The number of carbonyl (C=O) groups is 1. The zero-order chi connectivity index (χ0) is 21.9. The minimum Gasteiger partial charge on any atom is -0.477 e. The summed E-state index contributed by atoms with van der Waals surface area (Å²) in [6.07, 6.45) is -4.19. The minimum absolute atomic E-state index is 0.235. The first kappa shape index (κ1) is 23.4. The molecule has 0 radical (unpaired) electrons. The molecular formula is C20H25Cl2N2O5+. The number of quaternary nitrogens is 1. The maximum Gasteiger partial charge on any atom is 0.367 e. The fourth-order valence-corrected chi connectivity index (χ4v) is 4.24. The van der Waals surface area contributed by atoms with Gasteiger partial charge in [-0.1, -0.05) is 47.5 Å². The second kappa shape index (κ2) is 9.30. The number of para-hydroxylation sites is 2. The lowest BCUT2D eigenvalue weighted by atomic mass is 9.98. The zero-order valence-corrected chi connectivity index (χ0v) is 17.8. The molecule has 0 aromatic heterocycles. The molecule has 158 valence electrons. The predicted octanol–water partition coefficient (Wildman–Crippen LogP) is 3.69. The second-order valence-electron chi connectivity index (χ2n) is 6.84. The van der Waals surface area contributed by atoms with Gasteiger partial charge in [-0.05, 0) is 18.2 Å². The van der Waals surface area contributed by atoms with Crippen molar-refractivity contribution < 1.29 is 29.7 Å². The van der Waals surface area contributed by atoms with Gasteiger partial charge in [0, 0.05) is 32.0 Å². The highest BCUT2D eigenvalue weighted by Gasteiger charge is 2.54. The van der Waals surface area contributed by atoms with Crippen molar-refractivity contribution in [3.8, 4) is 0 Å². The summed E-state index contributed by atoms with van der Waals surface area (Å²) in [6.45, 7) is 3.99. The Hall–Kier alpha value is -1.87. The summed E-state index contributed by atoms with van der Waals surface area (Å²) >= 11 is 12.5. The molecule has 4 unspecified atom stereocenters. The summed E-state index contributed by atoms with van der Waals surface area (Å²) in [5.41, 5.74) is 0.981. The van der Waals surface area contributed by atoms with E-state index in [0.29, 0.717) is 21.4 Å². The smallest absolute Gasteiger partial charge is 0.367 e. The minimum atomic E-state index is -1.50. The molecule has 5 N–H and O–H groups in total. The number of anilines is 2. The highest BCUT2D eigenvalue weighted by molar-refractivity contribution is 6.39. The van der Waals surface area contributed by atoms with Crippen molar-refractivity contribution in [3.05, 3.63) is 58.1 Å². The number of nitrogens with one attached hydrogen (secondary N) is 1. The summed E-state index contributed by atoms with van der Waals surface area (Å²) in [7, 11) is 0. The van der Waals surface area contributed by atoms with Crippen LogP contribution in [0.3, 0.4) is 0 Å². The van der Waals surface area contributed by atoms with Crippen LogP contribution in [0.1, 0.15) is 32.4 Å². The van der Waals surface area contributed by atoms with Crippen LogP contribution in [0.5, 0.6) is 0 Å². The number of hydrogen-bond donors (Lipinski definition) is 5. The van der Waals surface area contributed by atoms with Gasteiger partial charge >= 0.3 is 5.97 Å². The molecule has 0 heterocycles. The Kier molecular flexibility index (Phi) is 7.50. The number of aliphatic hydroxyl groups excluding tert-OH is 3. The third kappa shape index (κ3) is 4.35. The maximum absolute atomic E-state index is 12.4. The Morgan fingerprint density at radius 2 is 1.38 bits per heavy atom. The first-order valence-corrected chi connectivity index (χ1v) is 9.75. The van der Waals surface area contributed by atoms with Gasteiger partial charge in [-0.3, -0.25) is 0 Å². The van der Waals surface area contributed by atoms with Crippen molar-refractivity contribution in [2.75, 3.05) is 5.32 Å². The maximum atomic E-state index is 12.4. The third-order valence-electron chi connectivity index (χ3n) is 5.10. The van der Waals surface area contributed by atoms with Gasteiger partial charge in [-0.2, -0.15) is 0 Å². The standard InChI is InChI=1S/C20H24Cl2N2O5/c1-11(25)24(12(2)26,13(3)27)19(20(28)29)14-7-4-5-10-17(14)23-18-15(21)8-6-9-16(18)22/h4-13,19,23,25-27H,1-3H3/p+1. The molecule has 29 heavy (non-hydrogen) atoms. The lowest BCUT2D eigenvalue weighted by molar-refractivity contribution is -1.06. The normalized spacial score (nSPS) is 17.7. The van der Waals surface area contributed by atoms with Crippen LogP contribution in [0.4, 0.5) is 11.4 Å². The van der Waals surface area contributed by atoms with E-state index in [1.54, 1.807) is 42.5 Å². The molecular weight excluding hydrogens is 419 g/mol. The number of rotatable bonds is 8. The largest absolute Gasteiger partial charge is 0.477 e. The molecule has 0 saturated carbocycles. The van der Waals surface area contributed by atoms with Crippen LogP contribution in [-0.2, 0) is 4.79 Å². The number of aliphatic carboxylic acids is 1. The number of carboxylic acids is 1. The SMILES string of the molecule is CC(O)[N+](C(C)O)(C(C)O)C(C(=O)O)c1ccccc1Nc1c(Cl)cccc1Cl. The van der Waals surface area contributed by atoms with E-state index in [0.717, 1.165) is 0 Å². The van der Waals surface area contributed by atoms with E-state index in [4.69, 9.17) is 23.2 Å². The number of aliphatic hydroxyl groups is 3. The second-order valence-corrected chi connectivity index (χ2v) is 7.65. The van der Waals surface area contributed by atoms with Crippen molar-refractivity contribution in [2.45, 2.75) is 45.5 Å². The Balaban J connectivity index is 2.71. The van der Waals surface area contributed by atoms with Crippen LogP contribution in [-0.4, -0.2) is 49.6 Å². The van der Waals surface area contributed by atoms with Crippen LogP contribution in [0.15, 0.2) is 42.5 Å². The Morgan fingerprint density at radius 3 is 1.83 bits per heavy atom. The first-order valence-electron chi connectivity index (χ1n) is 8.99. The van der Waals surface area contributed by atoms with Crippen LogP contribution >= 0.6 is 23.2 Å². The van der Waals surface area contributed by atoms with Gasteiger partial charge in [0.15, 0.2) is 18.7 Å². The summed E-state index contributed by atoms with van der Waals surface area (Å²) in [5, 5.41) is 45.2. The molecule has 7 nitrogen and oxygen atoms in total. The molecule has 2 rings (SSSR count). The molecule has 0 aliphatic rings. The van der Waals surface area contributed by atoms with Crippen LogP contribution < -0.4 is 5.32 Å². The van der Waals surface area contributed by atoms with Crippen molar-refractivity contribution in [1.82, 2.24) is 0 Å². The lowest BCUT2D eigenvalue weighted by Crippen LogP contribution is -2.67. The average molecular weight is 444 g/mol. The monoisotopic (exact) mass is 443 g/mol. The molecule has 4 atom stereocenters. The molecule has 0 spiro atoms. The molecule has 9 heteroatoms. The fourth-order valence-electron chi connectivity index (χ4n) is 3.75. The first-order chi connectivity index (χ1) is 13.5. The quantitative estimate of drug-likeness (QED) is 0.314. The van der Waals surface area contributed by atoms with Gasteiger partial charge in [0.1, 0.15) is 0 Å². The van der Waals surface area contributed by atoms with Gasteiger partial charge in [-0.25, -0.2) is 9.28 Å². The van der Waals surface area contributed by atoms with Crippen molar-refractivity contribution in [1.29, 1.82) is 0 Å². The molecule has 2 aromatic rings. The molecule has 2 aromatic carbocycles. The number of hydrogen-bond acceptors (Lipinski definition) is 5. The fraction of sp³-hybridized carbons (Fsp3) is 0.350. The molecule has 0 fully saturated rings. The molecule has 0 saturated heterocycles. The van der Waals surface area contributed by atoms with E-state index in [2.05, 4.69) is 5.32 Å². The van der Waals surface area contributed by atoms with E-state index < -0.39 is 35.2 Å². The summed E-state index contributed by atoms with van der Waals surface area (Å²) < 4.78 is -0.912. The average Bonchev–Trinajstić information content (AvgIpc) is 2.62. The number of carboxylic acid groups (broad SMARTS) is 1. The highest BCUT2D eigenvalue weighted by Crippen LogP contribution is 2.41. The lowest BCUT2D eigenvalue weighted by Gasteiger charge is -2.48. The number of halogens is 2. The Morgan fingerprint density at radius 1 is 0.897 bits per heavy atom. The van der Waals surface area contributed by atoms with E-state index in [-0.39, 0.29) is 5.56 Å². The molecule has 0 aliphatic heterocycles. The molecule has 0 aliphatic carbocycles. The van der Waals surface area contributed by atoms with E-state index in [9.17, 15) is 25.2 Å². The highest BCUT2D eigenvalue weighted by atomic mass is 35.5. The summed E-state index contributed by atoms with van der Waals surface area (Å²) in [4.78, 5) is 12.4. The van der Waals surface area contributed by atoms with Gasteiger partial charge < -0.3 is 25.7 Å². The molecule has 0 bridgehead atoms. The van der Waals surface area contributed by atoms with E-state index in [1.165, 1.54) is 20.8 Å². The predicted molar refractivity (Wildman–Crippen MR) is 112 cm³/mol. The Bertz CT molecular complexity index is 832. The third-order valence-corrected chi connectivity index (χ3v) is 5.73. The van der Waals surface area contributed by atoms with Gasteiger partial charge in [-0.15, -0.1) is 0 Å². The van der Waals surface area contributed by atoms with Gasteiger partial charge in [0.05, 0.1) is 15.7 Å². The topological polar surface area (TPSA) is 110 Å². The van der Waals surface area contributed by atoms with Crippen molar-refractivity contribution >= 4 is 40.5 Å². The van der Waals surface area contributed by atoms with Crippen molar-refractivity contribution in [3.63, 3.8) is 0 Å². The molecule has 0 amide bonds. The number of nitrogens with zero attached hydrogens (tertiary/aromatic N) is 1. The van der Waals surface area contributed by atoms with Gasteiger partial charge in [0.25, 0.3) is 0 Å². The van der Waals surface area contributed by atoms with E-state index in [1.807, 2.05) is 0 Å². The van der Waals surface area contributed by atoms with Gasteiger partial charge in [0.2, 0.25) is 6.04 Å². The van der Waals surface area contributed by atoms with Crippen molar-refractivity contribution in [2.24, 2.45) is 0 Å². The van der Waals surface area contributed by atoms with E-state index >= 15 is 0 Å². The Labute approximate surface area is 179 Å². The summed E-state index contributed by atoms with van der Waals surface area (Å²) in [6, 6.07) is 9.95. The van der Waals surface area contributed by atoms with Crippen LogP contribution in [0.2, 0.25) is 10.0 Å². The zero-order valence-electron chi connectivity index (χ0n) is 16.3. The van der Waals surface area contributed by atoms with Crippen LogP contribution in [0, 0.1) is 0 Å². The summed E-state index contributed by atoms with van der Waals surface area (Å²) in [5.74, 6) is -1.33.